The predicted octanol–water partition coefficient (Wildman–Crippen LogP) is 2.11. The fourth-order valence-electron chi connectivity index (χ4n) is 1.40. The zero-order chi connectivity index (χ0) is 12.7. The first-order valence-corrected chi connectivity index (χ1v) is 5.85. The van der Waals surface area contributed by atoms with Crippen LogP contribution in [-0.2, 0) is 16.1 Å². The van der Waals surface area contributed by atoms with E-state index in [-0.39, 0.29) is 6.04 Å². The van der Waals surface area contributed by atoms with Crippen LogP contribution in [0.3, 0.4) is 0 Å². The Kier molecular flexibility index (Phi) is 6.18. The van der Waals surface area contributed by atoms with Gasteiger partial charge in [-0.05, 0) is 6.42 Å². The number of ether oxygens (including phenoxy) is 2. The summed E-state index contributed by atoms with van der Waals surface area (Å²) in [6.07, 6.45) is 0.940. The number of anilines is 1. The molecule has 17 heavy (non-hydrogen) atoms. The molecular formula is C11H18ClN3O2. The third-order valence-corrected chi connectivity index (χ3v) is 2.42. The molecule has 1 aromatic heterocycles. The summed E-state index contributed by atoms with van der Waals surface area (Å²) in [5.74, 6) is 1.26. The molecule has 0 bridgehead atoms. The fraction of sp³-hybridized carbons (Fsp3) is 0.636. The molecular weight excluding hydrogens is 242 g/mol. The Balaban J connectivity index is 2.75. The lowest BCUT2D eigenvalue weighted by Gasteiger charge is -2.16. The molecule has 0 aliphatic carbocycles. The zero-order valence-corrected chi connectivity index (χ0v) is 11.1. The van der Waals surface area contributed by atoms with Crippen LogP contribution in [0.15, 0.2) is 6.07 Å². The van der Waals surface area contributed by atoms with Crippen molar-refractivity contribution in [3.8, 4) is 0 Å². The topological polar surface area (TPSA) is 56.3 Å². The van der Waals surface area contributed by atoms with Gasteiger partial charge in [0.2, 0.25) is 0 Å². The second-order valence-electron chi connectivity index (χ2n) is 3.63. The van der Waals surface area contributed by atoms with Crippen LogP contribution in [-0.4, -0.2) is 36.8 Å². The molecule has 96 valence electrons. The number of nitrogens with zero attached hydrogens (tertiary/aromatic N) is 2. The standard InChI is InChI=1S/C11H18ClN3O2/c1-4-8(6-16-2)13-10-5-9(12)14-11(15-10)7-17-3/h5,8H,4,6-7H2,1-3H3,(H,13,14,15). The van der Waals surface area contributed by atoms with E-state index in [2.05, 4.69) is 22.2 Å². The summed E-state index contributed by atoms with van der Waals surface area (Å²) in [7, 11) is 3.27. The SMILES string of the molecule is CCC(COC)Nc1cc(Cl)nc(COC)n1. The van der Waals surface area contributed by atoms with Gasteiger partial charge < -0.3 is 14.8 Å². The molecule has 0 radical (unpaired) electrons. The van der Waals surface area contributed by atoms with E-state index in [1.807, 2.05) is 0 Å². The molecule has 0 aliphatic rings. The molecule has 0 fully saturated rings. The number of nitrogens with one attached hydrogen (secondary N) is 1. The van der Waals surface area contributed by atoms with Crippen LogP contribution >= 0.6 is 11.6 Å². The molecule has 6 heteroatoms. The lowest BCUT2D eigenvalue weighted by molar-refractivity contribution is 0.177. The minimum absolute atomic E-state index is 0.210. The third kappa shape index (κ3) is 4.85. The second kappa shape index (κ2) is 7.42. The minimum Gasteiger partial charge on any atom is -0.383 e. The van der Waals surface area contributed by atoms with E-state index in [1.165, 1.54) is 0 Å². The fourth-order valence-corrected chi connectivity index (χ4v) is 1.61. The molecule has 1 atom stereocenters. The Labute approximate surface area is 107 Å². The van der Waals surface area contributed by atoms with Crippen LogP contribution in [0.4, 0.5) is 5.82 Å². The van der Waals surface area contributed by atoms with Crippen LogP contribution in [0.5, 0.6) is 0 Å². The van der Waals surface area contributed by atoms with Crippen molar-refractivity contribution >= 4 is 17.4 Å². The first-order chi connectivity index (χ1) is 8.19. The normalized spacial score (nSPS) is 12.5. The van der Waals surface area contributed by atoms with Crippen LogP contribution in [0, 0.1) is 0 Å². The molecule has 0 saturated carbocycles. The Morgan fingerprint density at radius 1 is 1.35 bits per heavy atom. The Hall–Kier alpha value is -0.910. The quantitative estimate of drug-likeness (QED) is 0.760. The van der Waals surface area contributed by atoms with Gasteiger partial charge in [0.25, 0.3) is 0 Å². The van der Waals surface area contributed by atoms with E-state index in [4.69, 9.17) is 21.1 Å². The largest absolute Gasteiger partial charge is 0.383 e. The van der Waals surface area contributed by atoms with Gasteiger partial charge in [-0.25, -0.2) is 9.97 Å². The van der Waals surface area contributed by atoms with E-state index in [0.717, 1.165) is 6.42 Å². The van der Waals surface area contributed by atoms with Gasteiger partial charge in [0, 0.05) is 20.3 Å². The maximum Gasteiger partial charge on any atom is 0.158 e. The molecule has 1 aromatic rings. The summed E-state index contributed by atoms with van der Waals surface area (Å²) in [6.45, 7) is 3.05. The Morgan fingerprint density at radius 2 is 2.12 bits per heavy atom. The maximum absolute atomic E-state index is 5.91. The monoisotopic (exact) mass is 259 g/mol. The Morgan fingerprint density at radius 3 is 2.71 bits per heavy atom. The zero-order valence-electron chi connectivity index (χ0n) is 10.4. The number of hydrogen-bond donors (Lipinski definition) is 1. The number of aromatic nitrogens is 2. The second-order valence-corrected chi connectivity index (χ2v) is 4.02. The van der Waals surface area contributed by atoms with Crippen molar-refractivity contribution in [1.82, 2.24) is 9.97 Å². The van der Waals surface area contributed by atoms with Gasteiger partial charge in [-0.2, -0.15) is 0 Å². The minimum atomic E-state index is 0.210. The number of halogens is 1. The van der Waals surface area contributed by atoms with Crippen molar-refractivity contribution in [3.63, 3.8) is 0 Å². The molecule has 1 rings (SSSR count). The van der Waals surface area contributed by atoms with Crippen molar-refractivity contribution in [3.05, 3.63) is 17.0 Å². The van der Waals surface area contributed by atoms with Crippen molar-refractivity contribution in [2.24, 2.45) is 0 Å². The average molecular weight is 260 g/mol. The van der Waals surface area contributed by atoms with E-state index in [1.54, 1.807) is 20.3 Å². The van der Waals surface area contributed by atoms with Gasteiger partial charge in [0.15, 0.2) is 5.82 Å². The van der Waals surface area contributed by atoms with E-state index >= 15 is 0 Å². The van der Waals surface area contributed by atoms with Crippen molar-refractivity contribution in [1.29, 1.82) is 0 Å². The molecule has 1 heterocycles. The predicted molar refractivity (Wildman–Crippen MR) is 67.3 cm³/mol. The summed E-state index contributed by atoms with van der Waals surface area (Å²) in [5.41, 5.74) is 0. The summed E-state index contributed by atoms with van der Waals surface area (Å²) in [4.78, 5) is 8.37. The van der Waals surface area contributed by atoms with E-state index in [9.17, 15) is 0 Å². The van der Waals surface area contributed by atoms with Gasteiger partial charge in [-0.1, -0.05) is 18.5 Å². The smallest absolute Gasteiger partial charge is 0.158 e. The molecule has 1 N–H and O–H groups in total. The summed E-state index contributed by atoms with van der Waals surface area (Å²) < 4.78 is 10.1. The molecule has 5 nitrogen and oxygen atoms in total. The van der Waals surface area contributed by atoms with Crippen molar-refractivity contribution < 1.29 is 9.47 Å². The van der Waals surface area contributed by atoms with Crippen LogP contribution in [0.2, 0.25) is 5.15 Å². The lowest BCUT2D eigenvalue weighted by atomic mass is 10.2. The number of hydrogen-bond acceptors (Lipinski definition) is 5. The average Bonchev–Trinajstić information content (AvgIpc) is 2.28. The first kappa shape index (κ1) is 14.2. The molecule has 0 aliphatic heterocycles. The number of rotatable bonds is 7. The van der Waals surface area contributed by atoms with E-state index in [0.29, 0.717) is 30.0 Å². The summed E-state index contributed by atoms with van der Waals surface area (Å²) in [6, 6.07) is 1.90. The molecule has 0 saturated heterocycles. The highest BCUT2D eigenvalue weighted by atomic mass is 35.5. The van der Waals surface area contributed by atoms with Crippen molar-refractivity contribution in [2.45, 2.75) is 26.0 Å². The molecule has 0 aromatic carbocycles. The molecule has 0 amide bonds. The van der Waals surface area contributed by atoms with E-state index < -0.39 is 0 Å². The number of methoxy groups -OCH3 is 2. The third-order valence-electron chi connectivity index (χ3n) is 2.23. The van der Waals surface area contributed by atoms with Crippen LogP contribution in [0.1, 0.15) is 19.2 Å². The Bertz CT molecular complexity index is 349. The highest BCUT2D eigenvalue weighted by Gasteiger charge is 2.08. The van der Waals surface area contributed by atoms with Gasteiger partial charge in [0.05, 0.1) is 12.6 Å². The summed E-state index contributed by atoms with van der Waals surface area (Å²) >= 11 is 5.91. The highest BCUT2D eigenvalue weighted by Crippen LogP contribution is 2.13. The lowest BCUT2D eigenvalue weighted by Crippen LogP contribution is -2.24. The summed E-state index contributed by atoms with van der Waals surface area (Å²) in [5, 5.41) is 3.66. The first-order valence-electron chi connectivity index (χ1n) is 5.47. The van der Waals surface area contributed by atoms with Crippen LogP contribution in [0.25, 0.3) is 0 Å². The molecule has 0 spiro atoms. The highest BCUT2D eigenvalue weighted by molar-refractivity contribution is 6.29. The van der Waals surface area contributed by atoms with Crippen molar-refractivity contribution in [2.75, 3.05) is 26.1 Å². The van der Waals surface area contributed by atoms with Gasteiger partial charge >= 0.3 is 0 Å². The van der Waals surface area contributed by atoms with Gasteiger partial charge in [0.1, 0.15) is 17.6 Å². The molecule has 1 unspecified atom stereocenters. The van der Waals surface area contributed by atoms with Gasteiger partial charge in [-0.15, -0.1) is 0 Å². The van der Waals surface area contributed by atoms with Gasteiger partial charge in [-0.3, -0.25) is 0 Å². The maximum atomic E-state index is 5.91. The van der Waals surface area contributed by atoms with Crippen LogP contribution < -0.4 is 5.32 Å².